The molecule has 0 aliphatic rings. The summed E-state index contributed by atoms with van der Waals surface area (Å²) in [7, 11) is -1.73. The lowest BCUT2D eigenvalue weighted by Crippen LogP contribution is -2.39. The van der Waals surface area contributed by atoms with E-state index in [1.807, 2.05) is 0 Å². The standard InChI is InChI=1S/C16H22NPSi/c1-19(2,17)14-13-18(15-9-5-3-6-10-15)16-11-7-4-8-12-16/h3-12H,13-14,17H2,1-2H3. The Morgan fingerprint density at radius 1 is 0.842 bits per heavy atom. The highest BCUT2D eigenvalue weighted by Gasteiger charge is 2.19. The van der Waals surface area contributed by atoms with Crippen molar-refractivity contribution < 1.29 is 0 Å². The maximum absolute atomic E-state index is 6.29. The lowest BCUT2D eigenvalue weighted by Gasteiger charge is -2.23. The zero-order chi connectivity index (χ0) is 13.7. The largest absolute Gasteiger partial charge is 0.351 e. The molecule has 2 N–H and O–H groups in total. The summed E-state index contributed by atoms with van der Waals surface area (Å²) in [6.07, 6.45) is 1.21. The van der Waals surface area contributed by atoms with Crippen molar-refractivity contribution >= 4 is 26.8 Å². The first-order valence-corrected chi connectivity index (χ1v) is 11.5. The SMILES string of the molecule is C[Si](C)(N)CCP(c1ccccc1)c1ccccc1. The van der Waals surface area contributed by atoms with Gasteiger partial charge in [0.2, 0.25) is 0 Å². The predicted octanol–water partition coefficient (Wildman–Crippen LogP) is 3.28. The topological polar surface area (TPSA) is 26.0 Å². The Morgan fingerprint density at radius 2 is 1.26 bits per heavy atom. The molecule has 0 fully saturated rings. The molecule has 19 heavy (non-hydrogen) atoms. The van der Waals surface area contributed by atoms with E-state index in [0.717, 1.165) is 0 Å². The van der Waals surface area contributed by atoms with Gasteiger partial charge in [-0.2, -0.15) is 0 Å². The molecule has 0 atom stereocenters. The Morgan fingerprint density at radius 3 is 1.63 bits per heavy atom. The third kappa shape index (κ3) is 4.57. The van der Waals surface area contributed by atoms with Gasteiger partial charge in [-0.1, -0.05) is 73.8 Å². The van der Waals surface area contributed by atoms with E-state index in [0.29, 0.717) is 0 Å². The molecule has 0 radical (unpaired) electrons. The molecule has 0 saturated heterocycles. The number of hydrogen-bond donors (Lipinski definition) is 1. The molecule has 0 heterocycles. The second-order valence-corrected chi connectivity index (χ2v) is 12.4. The van der Waals surface area contributed by atoms with Crippen LogP contribution in [0.5, 0.6) is 0 Å². The Kier molecular flexibility index (Phi) is 4.92. The molecule has 2 aromatic rings. The van der Waals surface area contributed by atoms with E-state index in [-0.39, 0.29) is 7.92 Å². The molecule has 0 unspecified atom stereocenters. The minimum Gasteiger partial charge on any atom is -0.351 e. The van der Waals surface area contributed by atoms with E-state index in [2.05, 4.69) is 73.8 Å². The fourth-order valence-corrected chi connectivity index (χ4v) is 7.10. The summed E-state index contributed by atoms with van der Waals surface area (Å²) in [6.45, 7) is 4.49. The maximum Gasteiger partial charge on any atom is 0.117 e. The first kappa shape index (κ1) is 14.5. The number of rotatable bonds is 5. The molecule has 0 aliphatic heterocycles. The molecule has 2 rings (SSSR count). The van der Waals surface area contributed by atoms with E-state index in [1.165, 1.54) is 22.8 Å². The van der Waals surface area contributed by atoms with Crippen LogP contribution in [-0.4, -0.2) is 14.4 Å². The van der Waals surface area contributed by atoms with Gasteiger partial charge in [-0.15, -0.1) is 0 Å². The highest BCUT2D eigenvalue weighted by molar-refractivity contribution is 7.73. The molecule has 2 aromatic carbocycles. The normalized spacial score (nSPS) is 11.8. The smallest absolute Gasteiger partial charge is 0.117 e. The monoisotopic (exact) mass is 287 g/mol. The third-order valence-electron chi connectivity index (χ3n) is 3.12. The molecule has 0 amide bonds. The summed E-state index contributed by atoms with van der Waals surface area (Å²) in [5.41, 5.74) is 0. The minimum atomic E-state index is -1.47. The molecule has 0 aliphatic carbocycles. The van der Waals surface area contributed by atoms with Crippen LogP contribution in [0.1, 0.15) is 0 Å². The Bertz CT molecular complexity index is 454. The van der Waals surface area contributed by atoms with Crippen molar-refractivity contribution in [3.8, 4) is 0 Å². The van der Waals surface area contributed by atoms with Gasteiger partial charge in [0.05, 0.1) is 0 Å². The van der Waals surface area contributed by atoms with Crippen LogP contribution in [0, 0.1) is 0 Å². The van der Waals surface area contributed by atoms with Crippen LogP contribution in [-0.2, 0) is 0 Å². The van der Waals surface area contributed by atoms with Crippen LogP contribution in [0.25, 0.3) is 0 Å². The highest BCUT2D eigenvalue weighted by atomic mass is 31.1. The van der Waals surface area contributed by atoms with E-state index >= 15 is 0 Å². The van der Waals surface area contributed by atoms with Crippen LogP contribution < -0.4 is 16.0 Å². The average molecular weight is 287 g/mol. The third-order valence-corrected chi connectivity index (χ3v) is 7.59. The number of benzene rings is 2. The fourth-order valence-electron chi connectivity index (χ4n) is 2.02. The van der Waals surface area contributed by atoms with E-state index in [1.54, 1.807) is 0 Å². The predicted molar refractivity (Wildman–Crippen MR) is 90.4 cm³/mol. The van der Waals surface area contributed by atoms with E-state index < -0.39 is 8.24 Å². The minimum absolute atomic E-state index is 0.260. The number of hydrogen-bond acceptors (Lipinski definition) is 1. The van der Waals surface area contributed by atoms with Gasteiger partial charge in [0, 0.05) is 0 Å². The molecule has 0 aromatic heterocycles. The molecule has 0 saturated carbocycles. The van der Waals surface area contributed by atoms with Crippen LogP contribution in [0.15, 0.2) is 60.7 Å². The van der Waals surface area contributed by atoms with Crippen molar-refractivity contribution in [1.29, 1.82) is 0 Å². The summed E-state index contributed by atoms with van der Waals surface area (Å²) in [4.78, 5) is 0. The zero-order valence-electron chi connectivity index (χ0n) is 11.7. The van der Waals surface area contributed by atoms with Crippen molar-refractivity contribution in [2.24, 2.45) is 5.40 Å². The summed E-state index contributed by atoms with van der Waals surface area (Å²) in [5.74, 6) is 0. The molecule has 100 valence electrons. The second kappa shape index (κ2) is 6.47. The van der Waals surface area contributed by atoms with Crippen molar-refractivity contribution in [3.63, 3.8) is 0 Å². The Balaban J connectivity index is 2.24. The molecule has 1 nitrogen and oxygen atoms in total. The van der Waals surface area contributed by atoms with Crippen LogP contribution in [0.2, 0.25) is 19.1 Å². The summed E-state index contributed by atoms with van der Waals surface area (Å²) < 4.78 is 0. The number of nitrogens with two attached hydrogens (primary N) is 1. The van der Waals surface area contributed by atoms with Gasteiger partial charge in [-0.25, -0.2) is 0 Å². The highest BCUT2D eigenvalue weighted by Crippen LogP contribution is 2.35. The first-order valence-electron chi connectivity index (χ1n) is 6.73. The van der Waals surface area contributed by atoms with E-state index in [4.69, 9.17) is 5.40 Å². The summed E-state index contributed by atoms with van der Waals surface area (Å²) >= 11 is 0. The van der Waals surface area contributed by atoms with Gasteiger partial charge in [0.1, 0.15) is 8.24 Å². The fraction of sp³-hybridized carbons (Fsp3) is 0.250. The zero-order valence-corrected chi connectivity index (χ0v) is 13.6. The lowest BCUT2D eigenvalue weighted by molar-refractivity contribution is 1.33. The summed E-state index contributed by atoms with van der Waals surface area (Å²) in [6, 6.07) is 22.9. The van der Waals surface area contributed by atoms with Gasteiger partial charge >= 0.3 is 0 Å². The maximum atomic E-state index is 6.29. The molecular formula is C16H22NPSi. The van der Waals surface area contributed by atoms with Crippen molar-refractivity contribution in [2.75, 3.05) is 6.16 Å². The lowest BCUT2D eigenvalue weighted by atomic mass is 10.4. The van der Waals surface area contributed by atoms with E-state index in [9.17, 15) is 0 Å². The van der Waals surface area contributed by atoms with Gasteiger partial charge in [0.25, 0.3) is 0 Å². The van der Waals surface area contributed by atoms with Gasteiger partial charge in [-0.3, -0.25) is 0 Å². The average Bonchev–Trinajstić information content (AvgIpc) is 2.40. The van der Waals surface area contributed by atoms with Crippen LogP contribution in [0.4, 0.5) is 0 Å². The van der Waals surface area contributed by atoms with Gasteiger partial charge in [-0.05, 0) is 30.7 Å². The Hall–Kier alpha value is -0.953. The molecule has 0 bridgehead atoms. The molecule has 0 spiro atoms. The van der Waals surface area contributed by atoms with Gasteiger partial charge in [0.15, 0.2) is 0 Å². The molecular weight excluding hydrogens is 265 g/mol. The van der Waals surface area contributed by atoms with Crippen LogP contribution in [0.3, 0.4) is 0 Å². The van der Waals surface area contributed by atoms with Crippen molar-refractivity contribution in [2.45, 2.75) is 19.1 Å². The quantitative estimate of drug-likeness (QED) is 0.663. The first-order chi connectivity index (χ1) is 9.06. The van der Waals surface area contributed by atoms with Gasteiger partial charge < -0.3 is 5.40 Å². The Labute approximate surface area is 118 Å². The van der Waals surface area contributed by atoms with Crippen molar-refractivity contribution in [1.82, 2.24) is 0 Å². The van der Waals surface area contributed by atoms with Crippen molar-refractivity contribution in [3.05, 3.63) is 60.7 Å². The second-order valence-electron chi connectivity index (χ2n) is 5.56. The molecule has 3 heteroatoms. The van der Waals surface area contributed by atoms with Crippen LogP contribution >= 0.6 is 7.92 Å². The summed E-state index contributed by atoms with van der Waals surface area (Å²) in [5, 5.41) is 9.21.